The summed E-state index contributed by atoms with van der Waals surface area (Å²) in [5.41, 5.74) is 1.11. The molecule has 0 radical (unpaired) electrons. The third-order valence-corrected chi connectivity index (χ3v) is 6.31. The van der Waals surface area contributed by atoms with E-state index in [9.17, 15) is 9.59 Å². The summed E-state index contributed by atoms with van der Waals surface area (Å²) in [5.74, 6) is 1.27. The number of hydrogen-bond acceptors (Lipinski definition) is 5. The molecule has 0 saturated carbocycles. The summed E-state index contributed by atoms with van der Waals surface area (Å²) in [4.78, 5) is 34.1. The molecule has 1 aromatic heterocycles. The Hall–Kier alpha value is -3.19. The Labute approximate surface area is 214 Å². The van der Waals surface area contributed by atoms with Gasteiger partial charge in [0.1, 0.15) is 11.6 Å². The van der Waals surface area contributed by atoms with Crippen LogP contribution in [0.5, 0.6) is 5.75 Å². The maximum atomic E-state index is 13.8. The Morgan fingerprint density at radius 3 is 2.39 bits per heavy atom. The van der Waals surface area contributed by atoms with Crippen LogP contribution < -0.4 is 10.3 Å². The average Bonchev–Trinajstić information content (AvgIpc) is 2.82. The van der Waals surface area contributed by atoms with Gasteiger partial charge in [0.25, 0.3) is 5.56 Å². The van der Waals surface area contributed by atoms with Crippen molar-refractivity contribution >= 4 is 16.8 Å². The highest BCUT2D eigenvalue weighted by Gasteiger charge is 2.29. The van der Waals surface area contributed by atoms with Crippen molar-refractivity contribution in [2.24, 2.45) is 11.3 Å². The molecular weight excluding hydrogens is 454 g/mol. The van der Waals surface area contributed by atoms with Gasteiger partial charge in [0.05, 0.1) is 36.3 Å². The number of benzene rings is 2. The average molecular weight is 494 g/mol. The minimum atomic E-state index is -0.475. The van der Waals surface area contributed by atoms with Crippen LogP contribution in [-0.2, 0) is 9.53 Å². The minimum absolute atomic E-state index is 0.0188. The number of fused-ring (bicyclic) bond motifs is 1. The van der Waals surface area contributed by atoms with Crippen LogP contribution in [0.1, 0.15) is 59.3 Å². The summed E-state index contributed by atoms with van der Waals surface area (Å²) < 4.78 is 12.5. The normalized spacial score (nSPS) is 13.4. The lowest BCUT2D eigenvalue weighted by Crippen LogP contribution is -2.40. The van der Waals surface area contributed by atoms with Gasteiger partial charge in [-0.15, -0.1) is 0 Å². The van der Waals surface area contributed by atoms with Crippen molar-refractivity contribution in [3.63, 3.8) is 0 Å². The molecule has 0 bridgehead atoms. The lowest BCUT2D eigenvalue weighted by atomic mass is 9.84. The molecular formula is C29H39N3O4. The minimum Gasteiger partial charge on any atom is -0.495 e. The van der Waals surface area contributed by atoms with E-state index in [0.717, 1.165) is 6.42 Å². The van der Waals surface area contributed by atoms with Crippen molar-refractivity contribution in [2.75, 3.05) is 27.4 Å². The van der Waals surface area contributed by atoms with Crippen LogP contribution in [-0.4, -0.2) is 47.7 Å². The Morgan fingerprint density at radius 2 is 1.72 bits per heavy atom. The second kappa shape index (κ2) is 11.7. The molecule has 0 aliphatic heterocycles. The van der Waals surface area contributed by atoms with E-state index in [4.69, 9.17) is 14.5 Å². The number of carbonyl (C=O) groups excluding carboxylic acids is 1. The molecule has 0 aliphatic rings. The SMILES string of the molecule is COCCN(C(=O)CC(C)CC(C)(C)C)C(C)c1nc2ccccc2c(=O)n1-c1ccccc1OC. The molecule has 0 aliphatic carbocycles. The molecule has 7 heteroatoms. The standard InChI is InChI=1S/C29H39N3O4/c1-20(19-29(3,4)5)18-26(33)31(16-17-35-6)21(2)27-30-23-13-9-8-12-22(23)28(34)32(27)24-14-10-11-15-25(24)36-7/h8-15,20-21H,16-19H2,1-7H3. The summed E-state index contributed by atoms with van der Waals surface area (Å²) in [6.45, 7) is 11.4. The van der Waals surface area contributed by atoms with Crippen LogP contribution in [0.2, 0.25) is 0 Å². The van der Waals surface area contributed by atoms with Crippen LogP contribution in [0.4, 0.5) is 0 Å². The first kappa shape index (κ1) is 27.4. The van der Waals surface area contributed by atoms with E-state index in [2.05, 4.69) is 27.7 Å². The third-order valence-electron chi connectivity index (χ3n) is 6.31. The zero-order valence-corrected chi connectivity index (χ0v) is 22.6. The highest BCUT2D eigenvalue weighted by molar-refractivity contribution is 5.79. The largest absolute Gasteiger partial charge is 0.495 e. The van der Waals surface area contributed by atoms with Crippen molar-refractivity contribution < 1.29 is 14.3 Å². The number of aromatic nitrogens is 2. The number of amides is 1. The highest BCUT2D eigenvalue weighted by atomic mass is 16.5. The maximum Gasteiger partial charge on any atom is 0.266 e. The fourth-order valence-corrected chi connectivity index (χ4v) is 4.87. The fraction of sp³-hybridized carbons (Fsp3) is 0.483. The van der Waals surface area contributed by atoms with Crippen molar-refractivity contribution in [1.82, 2.24) is 14.5 Å². The first-order chi connectivity index (χ1) is 17.1. The van der Waals surface area contributed by atoms with Crippen LogP contribution in [0.15, 0.2) is 53.3 Å². The van der Waals surface area contributed by atoms with Gasteiger partial charge in [0, 0.05) is 20.1 Å². The molecule has 1 heterocycles. The van der Waals surface area contributed by atoms with Gasteiger partial charge in [-0.3, -0.25) is 14.2 Å². The van der Waals surface area contributed by atoms with Crippen LogP contribution in [0.25, 0.3) is 16.6 Å². The molecule has 0 spiro atoms. The van der Waals surface area contributed by atoms with E-state index in [1.54, 1.807) is 29.8 Å². The fourth-order valence-electron chi connectivity index (χ4n) is 4.87. The number of ether oxygens (including phenoxy) is 2. The predicted octanol–water partition coefficient (Wildman–Crippen LogP) is 5.39. The summed E-state index contributed by atoms with van der Waals surface area (Å²) >= 11 is 0. The third kappa shape index (κ3) is 6.32. The molecule has 1 amide bonds. The molecule has 3 rings (SSSR count). The van der Waals surface area contributed by atoms with Gasteiger partial charge >= 0.3 is 0 Å². The number of carbonyl (C=O) groups is 1. The second-order valence-corrected chi connectivity index (χ2v) is 10.6. The molecule has 7 nitrogen and oxygen atoms in total. The van der Waals surface area contributed by atoms with Crippen LogP contribution in [0, 0.1) is 11.3 Å². The molecule has 2 unspecified atom stereocenters. The Balaban J connectivity index is 2.14. The van der Waals surface area contributed by atoms with Crippen molar-refractivity contribution in [3.05, 3.63) is 64.7 Å². The molecule has 0 fully saturated rings. The summed E-state index contributed by atoms with van der Waals surface area (Å²) in [7, 11) is 3.20. The van der Waals surface area contributed by atoms with E-state index in [1.165, 1.54) is 0 Å². The van der Waals surface area contributed by atoms with Crippen molar-refractivity contribution in [3.8, 4) is 11.4 Å². The molecule has 2 aromatic carbocycles. The second-order valence-electron chi connectivity index (χ2n) is 10.6. The van der Waals surface area contributed by atoms with Gasteiger partial charge < -0.3 is 14.4 Å². The summed E-state index contributed by atoms with van der Waals surface area (Å²) in [6.07, 6.45) is 1.35. The number of methoxy groups -OCH3 is 2. The first-order valence-corrected chi connectivity index (χ1v) is 12.5. The summed E-state index contributed by atoms with van der Waals surface area (Å²) in [5, 5.41) is 0.507. The van der Waals surface area contributed by atoms with E-state index in [0.29, 0.717) is 47.7 Å². The van der Waals surface area contributed by atoms with Crippen LogP contribution in [0.3, 0.4) is 0 Å². The van der Waals surface area contributed by atoms with Crippen molar-refractivity contribution in [1.29, 1.82) is 0 Å². The molecule has 36 heavy (non-hydrogen) atoms. The van der Waals surface area contributed by atoms with Gasteiger partial charge in [-0.05, 0) is 48.9 Å². The topological polar surface area (TPSA) is 73.7 Å². The Kier molecular flexibility index (Phi) is 8.90. The Morgan fingerprint density at radius 1 is 1.06 bits per heavy atom. The van der Waals surface area contributed by atoms with E-state index < -0.39 is 6.04 Å². The lowest BCUT2D eigenvalue weighted by Gasteiger charge is -2.32. The van der Waals surface area contributed by atoms with E-state index in [1.807, 2.05) is 49.4 Å². The zero-order valence-electron chi connectivity index (χ0n) is 22.6. The first-order valence-electron chi connectivity index (χ1n) is 12.5. The number of nitrogens with zero attached hydrogens (tertiary/aromatic N) is 3. The number of hydrogen-bond donors (Lipinski definition) is 0. The lowest BCUT2D eigenvalue weighted by molar-refractivity contribution is -0.135. The van der Waals surface area contributed by atoms with Gasteiger partial charge in [0.2, 0.25) is 5.91 Å². The molecule has 0 N–H and O–H groups in total. The molecule has 194 valence electrons. The van der Waals surface area contributed by atoms with Gasteiger partial charge in [-0.2, -0.15) is 0 Å². The number of para-hydroxylation sites is 3. The van der Waals surface area contributed by atoms with Crippen LogP contribution >= 0.6 is 0 Å². The highest BCUT2D eigenvalue weighted by Crippen LogP contribution is 2.30. The molecule has 2 atom stereocenters. The predicted molar refractivity (Wildman–Crippen MR) is 144 cm³/mol. The van der Waals surface area contributed by atoms with E-state index >= 15 is 0 Å². The Bertz CT molecular complexity index is 1250. The monoisotopic (exact) mass is 493 g/mol. The molecule has 3 aromatic rings. The van der Waals surface area contributed by atoms with Crippen molar-refractivity contribution in [2.45, 2.75) is 53.5 Å². The van der Waals surface area contributed by atoms with Gasteiger partial charge in [-0.25, -0.2) is 4.98 Å². The maximum absolute atomic E-state index is 13.8. The quantitative estimate of drug-likeness (QED) is 0.378. The number of rotatable bonds is 10. The zero-order chi connectivity index (χ0) is 26.5. The smallest absolute Gasteiger partial charge is 0.266 e. The van der Waals surface area contributed by atoms with Gasteiger partial charge in [-0.1, -0.05) is 52.0 Å². The van der Waals surface area contributed by atoms with Gasteiger partial charge in [0.15, 0.2) is 0 Å². The summed E-state index contributed by atoms with van der Waals surface area (Å²) in [6, 6.07) is 14.2. The van der Waals surface area contributed by atoms with E-state index in [-0.39, 0.29) is 22.8 Å². The molecule has 0 saturated heterocycles.